The largest absolute Gasteiger partial charge is 0.369 e. The summed E-state index contributed by atoms with van der Waals surface area (Å²) in [6.07, 6.45) is 0.614. The fourth-order valence-corrected chi connectivity index (χ4v) is 1.59. The molecule has 1 aromatic carbocycles. The van der Waals surface area contributed by atoms with Crippen LogP contribution in [0.2, 0.25) is 0 Å². The molecule has 14 heavy (non-hydrogen) atoms. The van der Waals surface area contributed by atoms with E-state index in [1.54, 1.807) is 12.1 Å². The average Bonchev–Trinajstić information content (AvgIpc) is 2.42. The normalized spacial score (nSPS) is 13.6. The lowest BCUT2D eigenvalue weighted by molar-refractivity contribution is -0.117. The summed E-state index contributed by atoms with van der Waals surface area (Å²) < 4.78 is 0. The van der Waals surface area contributed by atoms with Gasteiger partial charge in [0.25, 0.3) is 0 Å². The van der Waals surface area contributed by atoms with Gasteiger partial charge in [0.1, 0.15) is 0 Å². The third kappa shape index (κ3) is 1.59. The molecule has 1 aromatic rings. The Balaban J connectivity index is 2.28. The van der Waals surface area contributed by atoms with Crippen molar-refractivity contribution < 1.29 is 9.59 Å². The van der Waals surface area contributed by atoms with Gasteiger partial charge in [0.15, 0.2) is 0 Å². The number of carbonyl (C=O) groups is 2. The van der Waals surface area contributed by atoms with E-state index in [4.69, 9.17) is 5.73 Å². The van der Waals surface area contributed by atoms with Crippen molar-refractivity contribution in [2.24, 2.45) is 5.73 Å². The molecule has 0 unspecified atom stereocenters. The number of hydrogen-bond acceptors (Lipinski definition) is 2. The van der Waals surface area contributed by atoms with E-state index in [1.807, 2.05) is 6.07 Å². The maximum Gasteiger partial charge on any atom is 0.228 e. The molecule has 0 spiro atoms. The van der Waals surface area contributed by atoms with Crippen LogP contribution in [0.1, 0.15) is 11.1 Å². The number of amides is 2. The zero-order valence-corrected chi connectivity index (χ0v) is 7.54. The molecule has 0 aliphatic carbocycles. The molecule has 0 atom stereocenters. The second-order valence-electron chi connectivity index (χ2n) is 3.36. The van der Waals surface area contributed by atoms with Crippen molar-refractivity contribution in [3.63, 3.8) is 0 Å². The van der Waals surface area contributed by atoms with Crippen molar-refractivity contribution in [2.75, 3.05) is 5.32 Å². The minimum Gasteiger partial charge on any atom is -0.369 e. The lowest BCUT2D eigenvalue weighted by atomic mass is 10.1. The molecule has 4 nitrogen and oxygen atoms in total. The summed E-state index contributed by atoms with van der Waals surface area (Å²) in [5.41, 5.74) is 7.70. The monoisotopic (exact) mass is 190 g/mol. The van der Waals surface area contributed by atoms with Gasteiger partial charge in [0.05, 0.1) is 12.8 Å². The topological polar surface area (TPSA) is 72.2 Å². The van der Waals surface area contributed by atoms with Gasteiger partial charge in [-0.15, -0.1) is 0 Å². The minimum atomic E-state index is -0.359. The zero-order chi connectivity index (χ0) is 10.1. The Morgan fingerprint density at radius 1 is 1.50 bits per heavy atom. The van der Waals surface area contributed by atoms with Crippen LogP contribution in [0.3, 0.4) is 0 Å². The predicted molar refractivity (Wildman–Crippen MR) is 51.7 cm³/mol. The number of nitrogens with two attached hydrogens (primary N) is 1. The molecule has 2 rings (SSSR count). The van der Waals surface area contributed by atoms with Gasteiger partial charge in [-0.1, -0.05) is 12.1 Å². The summed E-state index contributed by atoms with van der Waals surface area (Å²) >= 11 is 0. The second-order valence-corrected chi connectivity index (χ2v) is 3.36. The molecule has 2 amide bonds. The third-order valence-electron chi connectivity index (χ3n) is 2.17. The second kappa shape index (κ2) is 3.14. The van der Waals surface area contributed by atoms with Crippen molar-refractivity contribution in [2.45, 2.75) is 12.8 Å². The first-order chi connectivity index (χ1) is 6.65. The first kappa shape index (κ1) is 8.74. The molecule has 0 bridgehead atoms. The molecular weight excluding hydrogens is 180 g/mol. The highest BCUT2D eigenvalue weighted by atomic mass is 16.2. The maximum atomic E-state index is 11.0. The van der Waals surface area contributed by atoms with Gasteiger partial charge in [0, 0.05) is 5.69 Å². The molecule has 1 aliphatic heterocycles. The summed E-state index contributed by atoms with van der Waals surface area (Å²) in [6, 6.07) is 5.45. The molecule has 0 saturated carbocycles. The molecule has 1 aliphatic rings. The van der Waals surface area contributed by atoms with E-state index in [-0.39, 0.29) is 18.2 Å². The highest BCUT2D eigenvalue weighted by Gasteiger charge is 2.17. The Morgan fingerprint density at radius 3 is 3.00 bits per heavy atom. The van der Waals surface area contributed by atoms with Crippen LogP contribution in [-0.2, 0) is 22.4 Å². The summed E-state index contributed by atoms with van der Waals surface area (Å²) in [7, 11) is 0. The zero-order valence-electron chi connectivity index (χ0n) is 7.54. The quantitative estimate of drug-likeness (QED) is 0.699. The number of benzene rings is 1. The summed E-state index contributed by atoms with van der Waals surface area (Å²) in [5.74, 6) is -0.363. The van der Waals surface area contributed by atoms with Crippen LogP contribution in [0.5, 0.6) is 0 Å². The number of anilines is 1. The average molecular weight is 190 g/mol. The Morgan fingerprint density at radius 2 is 2.29 bits per heavy atom. The molecule has 0 radical (unpaired) electrons. The number of rotatable bonds is 2. The number of fused-ring (bicyclic) bond motifs is 1. The van der Waals surface area contributed by atoms with E-state index in [2.05, 4.69) is 5.32 Å². The first-order valence-corrected chi connectivity index (χ1v) is 4.35. The highest BCUT2D eigenvalue weighted by molar-refractivity contribution is 5.99. The standard InChI is InChI=1S/C10H10N2O2/c11-9(13)4-6-1-2-8-7(3-6)5-10(14)12-8/h1-3H,4-5H2,(H2,11,13)(H,12,14). The van der Waals surface area contributed by atoms with E-state index in [0.717, 1.165) is 16.8 Å². The van der Waals surface area contributed by atoms with Crippen LogP contribution in [0.25, 0.3) is 0 Å². The molecule has 0 saturated heterocycles. The Kier molecular flexibility index (Phi) is 1.96. The van der Waals surface area contributed by atoms with Crippen molar-refractivity contribution in [1.82, 2.24) is 0 Å². The van der Waals surface area contributed by atoms with Crippen molar-refractivity contribution >= 4 is 17.5 Å². The number of nitrogens with one attached hydrogen (secondary N) is 1. The fraction of sp³-hybridized carbons (Fsp3) is 0.200. The van der Waals surface area contributed by atoms with Gasteiger partial charge in [-0.3, -0.25) is 9.59 Å². The molecule has 1 heterocycles. The highest BCUT2D eigenvalue weighted by Crippen LogP contribution is 2.23. The minimum absolute atomic E-state index is 0.00350. The fourth-order valence-electron chi connectivity index (χ4n) is 1.59. The van der Waals surface area contributed by atoms with Gasteiger partial charge in [0.2, 0.25) is 11.8 Å². The summed E-state index contributed by atoms with van der Waals surface area (Å²) in [5, 5.41) is 2.72. The number of hydrogen-bond donors (Lipinski definition) is 2. The van der Waals surface area contributed by atoms with Crippen LogP contribution in [0.15, 0.2) is 18.2 Å². The van der Waals surface area contributed by atoms with Crippen LogP contribution < -0.4 is 11.1 Å². The SMILES string of the molecule is NC(=O)Cc1ccc2c(c1)CC(=O)N2. The molecular formula is C10H10N2O2. The van der Waals surface area contributed by atoms with Gasteiger partial charge in [-0.2, -0.15) is 0 Å². The van der Waals surface area contributed by atoms with Crippen molar-refractivity contribution in [3.8, 4) is 0 Å². The molecule has 0 aromatic heterocycles. The molecule has 3 N–H and O–H groups in total. The Labute approximate surface area is 81.1 Å². The maximum absolute atomic E-state index is 11.0. The molecule has 72 valence electrons. The predicted octanol–water partition coefficient (Wildman–Crippen LogP) is 0.209. The van der Waals surface area contributed by atoms with Crippen LogP contribution in [0, 0.1) is 0 Å². The van der Waals surface area contributed by atoms with Gasteiger partial charge < -0.3 is 11.1 Å². The van der Waals surface area contributed by atoms with E-state index in [0.29, 0.717) is 6.42 Å². The Bertz CT molecular complexity index is 413. The summed E-state index contributed by atoms with van der Waals surface area (Å²) in [6.45, 7) is 0. The molecule has 0 fully saturated rings. The van der Waals surface area contributed by atoms with Gasteiger partial charge in [-0.05, 0) is 17.2 Å². The van der Waals surface area contributed by atoms with Gasteiger partial charge >= 0.3 is 0 Å². The lowest BCUT2D eigenvalue weighted by Gasteiger charge is -2.01. The third-order valence-corrected chi connectivity index (χ3v) is 2.17. The smallest absolute Gasteiger partial charge is 0.228 e. The van der Waals surface area contributed by atoms with E-state index in [9.17, 15) is 9.59 Å². The number of primary amides is 1. The van der Waals surface area contributed by atoms with Crippen LogP contribution >= 0.6 is 0 Å². The van der Waals surface area contributed by atoms with Gasteiger partial charge in [-0.25, -0.2) is 0 Å². The first-order valence-electron chi connectivity index (χ1n) is 4.35. The van der Waals surface area contributed by atoms with E-state index < -0.39 is 0 Å². The van der Waals surface area contributed by atoms with Crippen LogP contribution in [-0.4, -0.2) is 11.8 Å². The lowest BCUT2D eigenvalue weighted by Crippen LogP contribution is -2.13. The van der Waals surface area contributed by atoms with E-state index in [1.165, 1.54) is 0 Å². The van der Waals surface area contributed by atoms with Crippen LogP contribution in [0.4, 0.5) is 5.69 Å². The molecule has 4 heteroatoms. The van der Waals surface area contributed by atoms with E-state index >= 15 is 0 Å². The Hall–Kier alpha value is -1.84. The van der Waals surface area contributed by atoms with Crippen molar-refractivity contribution in [1.29, 1.82) is 0 Å². The number of carbonyl (C=O) groups excluding carboxylic acids is 2. The summed E-state index contributed by atoms with van der Waals surface area (Å²) in [4.78, 5) is 21.7. The van der Waals surface area contributed by atoms with Crippen molar-refractivity contribution in [3.05, 3.63) is 29.3 Å².